The van der Waals surface area contributed by atoms with Gasteiger partial charge in [0.2, 0.25) is 0 Å². The second-order valence-corrected chi connectivity index (χ2v) is 5.58. The second-order valence-electron chi connectivity index (χ2n) is 5.58. The first-order valence-corrected chi connectivity index (χ1v) is 7.29. The minimum absolute atomic E-state index is 0.316. The summed E-state index contributed by atoms with van der Waals surface area (Å²) in [6.45, 7) is 8.03. The minimum Gasteiger partial charge on any atom is -0.377 e. The van der Waals surface area contributed by atoms with Crippen molar-refractivity contribution in [2.45, 2.75) is 39.0 Å². The van der Waals surface area contributed by atoms with E-state index in [1.807, 2.05) is 0 Å². The number of hydrogen-bond donors (Lipinski definition) is 1. The lowest BCUT2D eigenvalue weighted by molar-refractivity contribution is 0.0550. The van der Waals surface area contributed by atoms with Gasteiger partial charge in [-0.1, -0.05) is 24.3 Å². The second kappa shape index (κ2) is 7.04. The fourth-order valence-electron chi connectivity index (χ4n) is 2.68. The van der Waals surface area contributed by atoms with Crippen LogP contribution in [0.15, 0.2) is 24.3 Å². The summed E-state index contributed by atoms with van der Waals surface area (Å²) in [6, 6.07) is 9.29. The summed E-state index contributed by atoms with van der Waals surface area (Å²) in [5.41, 5.74) is 2.90. The van der Waals surface area contributed by atoms with E-state index in [0.717, 1.165) is 32.7 Å². The van der Waals surface area contributed by atoms with Crippen LogP contribution in [0.25, 0.3) is 0 Å². The summed E-state index contributed by atoms with van der Waals surface area (Å²) in [4.78, 5) is 2.42. The molecule has 0 amide bonds. The van der Waals surface area contributed by atoms with Gasteiger partial charge in [-0.3, -0.25) is 4.90 Å². The fraction of sp³-hybridized carbons (Fsp3) is 0.625. The molecular weight excluding hydrogens is 236 g/mol. The first-order chi connectivity index (χ1) is 9.18. The fourth-order valence-corrected chi connectivity index (χ4v) is 2.68. The Bertz CT molecular complexity index is 392. The van der Waals surface area contributed by atoms with E-state index in [1.54, 1.807) is 0 Å². The van der Waals surface area contributed by atoms with Crippen molar-refractivity contribution in [1.82, 2.24) is 10.2 Å². The van der Waals surface area contributed by atoms with Gasteiger partial charge in [0.15, 0.2) is 0 Å². The van der Waals surface area contributed by atoms with Crippen molar-refractivity contribution < 1.29 is 4.74 Å². The van der Waals surface area contributed by atoms with Crippen LogP contribution in [-0.4, -0.2) is 37.7 Å². The molecule has 2 rings (SSSR count). The summed E-state index contributed by atoms with van der Waals surface area (Å²) >= 11 is 0. The van der Waals surface area contributed by atoms with Gasteiger partial charge in [-0.15, -0.1) is 0 Å². The SMILES string of the molecule is CC(C)OCCN(C)C1CCNCc2ccccc21. The average Bonchev–Trinajstić information content (AvgIpc) is 2.60. The lowest BCUT2D eigenvalue weighted by Crippen LogP contribution is -2.30. The summed E-state index contributed by atoms with van der Waals surface area (Å²) < 4.78 is 5.67. The number of hydrogen-bond acceptors (Lipinski definition) is 3. The van der Waals surface area contributed by atoms with E-state index < -0.39 is 0 Å². The van der Waals surface area contributed by atoms with Crippen LogP contribution < -0.4 is 5.32 Å². The Morgan fingerprint density at radius 2 is 2.16 bits per heavy atom. The molecule has 0 saturated carbocycles. The van der Waals surface area contributed by atoms with Crippen molar-refractivity contribution in [3.05, 3.63) is 35.4 Å². The van der Waals surface area contributed by atoms with E-state index in [2.05, 4.69) is 55.4 Å². The van der Waals surface area contributed by atoms with Gasteiger partial charge in [0.25, 0.3) is 0 Å². The molecule has 1 atom stereocenters. The molecule has 1 aromatic rings. The highest BCUT2D eigenvalue weighted by Gasteiger charge is 2.21. The normalized spacial score (nSPS) is 19.5. The molecule has 0 fully saturated rings. The molecule has 1 aliphatic rings. The van der Waals surface area contributed by atoms with Crippen molar-refractivity contribution in [2.75, 3.05) is 26.7 Å². The van der Waals surface area contributed by atoms with Crippen molar-refractivity contribution in [2.24, 2.45) is 0 Å². The molecule has 1 N–H and O–H groups in total. The molecule has 19 heavy (non-hydrogen) atoms. The molecule has 0 spiro atoms. The zero-order valence-electron chi connectivity index (χ0n) is 12.4. The standard InChI is InChI=1S/C16H26N2O/c1-13(2)19-11-10-18(3)16-8-9-17-12-14-6-4-5-7-15(14)16/h4-7,13,16-17H,8-12H2,1-3H3. The Morgan fingerprint density at radius 3 is 2.95 bits per heavy atom. The van der Waals surface area contributed by atoms with E-state index in [9.17, 15) is 0 Å². The van der Waals surface area contributed by atoms with Gasteiger partial charge in [0.1, 0.15) is 0 Å². The van der Waals surface area contributed by atoms with Gasteiger partial charge in [-0.2, -0.15) is 0 Å². The molecule has 1 aromatic carbocycles. The summed E-state index contributed by atoms with van der Waals surface area (Å²) in [7, 11) is 2.20. The lowest BCUT2D eigenvalue weighted by Gasteiger charge is -2.28. The van der Waals surface area contributed by atoms with Crippen LogP contribution in [0.4, 0.5) is 0 Å². The monoisotopic (exact) mass is 262 g/mol. The molecule has 3 heteroatoms. The Hall–Kier alpha value is -0.900. The predicted molar refractivity (Wildman–Crippen MR) is 79.2 cm³/mol. The van der Waals surface area contributed by atoms with Gasteiger partial charge >= 0.3 is 0 Å². The Balaban J connectivity index is 2.02. The summed E-state index contributed by atoms with van der Waals surface area (Å²) in [5.74, 6) is 0. The maximum atomic E-state index is 5.67. The third kappa shape index (κ3) is 4.03. The van der Waals surface area contributed by atoms with Crippen LogP contribution in [0.1, 0.15) is 37.4 Å². The Kier molecular flexibility index (Phi) is 5.37. The summed E-state index contributed by atoms with van der Waals surface area (Å²) in [5, 5.41) is 3.50. The molecule has 0 radical (unpaired) electrons. The van der Waals surface area contributed by atoms with Gasteiger partial charge in [0, 0.05) is 19.1 Å². The summed E-state index contributed by atoms with van der Waals surface area (Å²) in [6.07, 6.45) is 1.48. The molecule has 106 valence electrons. The molecule has 0 aromatic heterocycles. The van der Waals surface area contributed by atoms with Gasteiger partial charge < -0.3 is 10.1 Å². The predicted octanol–water partition coefficient (Wildman–Crippen LogP) is 2.58. The number of likely N-dealkylation sites (N-methyl/N-ethyl adjacent to an activating group) is 1. The maximum absolute atomic E-state index is 5.67. The number of nitrogens with zero attached hydrogens (tertiary/aromatic N) is 1. The van der Waals surface area contributed by atoms with Crippen LogP contribution in [0.2, 0.25) is 0 Å². The topological polar surface area (TPSA) is 24.5 Å². The largest absolute Gasteiger partial charge is 0.377 e. The van der Waals surface area contributed by atoms with Gasteiger partial charge in [-0.05, 0) is 45.0 Å². The van der Waals surface area contributed by atoms with Crippen LogP contribution in [0, 0.1) is 0 Å². The van der Waals surface area contributed by atoms with Gasteiger partial charge in [0.05, 0.1) is 12.7 Å². The number of rotatable bonds is 5. The third-order valence-electron chi connectivity index (χ3n) is 3.75. The van der Waals surface area contributed by atoms with Crippen LogP contribution in [0.5, 0.6) is 0 Å². The number of benzene rings is 1. The van der Waals surface area contributed by atoms with E-state index in [0.29, 0.717) is 12.1 Å². The molecule has 0 saturated heterocycles. The Morgan fingerprint density at radius 1 is 1.37 bits per heavy atom. The van der Waals surface area contributed by atoms with Crippen molar-refractivity contribution in [1.29, 1.82) is 0 Å². The van der Waals surface area contributed by atoms with Crippen molar-refractivity contribution >= 4 is 0 Å². The average molecular weight is 262 g/mol. The molecule has 0 aliphatic carbocycles. The first-order valence-electron chi connectivity index (χ1n) is 7.29. The van der Waals surface area contributed by atoms with Crippen LogP contribution in [-0.2, 0) is 11.3 Å². The molecular formula is C16H26N2O. The molecule has 3 nitrogen and oxygen atoms in total. The Labute approximate surface area is 116 Å². The molecule has 1 aliphatic heterocycles. The molecule has 1 unspecified atom stereocenters. The van der Waals surface area contributed by atoms with E-state index >= 15 is 0 Å². The van der Waals surface area contributed by atoms with Gasteiger partial charge in [-0.25, -0.2) is 0 Å². The smallest absolute Gasteiger partial charge is 0.0597 e. The van der Waals surface area contributed by atoms with Crippen LogP contribution in [0.3, 0.4) is 0 Å². The highest BCUT2D eigenvalue weighted by molar-refractivity contribution is 5.31. The third-order valence-corrected chi connectivity index (χ3v) is 3.75. The number of fused-ring (bicyclic) bond motifs is 1. The van der Waals surface area contributed by atoms with Crippen molar-refractivity contribution in [3.63, 3.8) is 0 Å². The van der Waals surface area contributed by atoms with Crippen molar-refractivity contribution in [3.8, 4) is 0 Å². The van der Waals surface area contributed by atoms with Crippen LogP contribution >= 0.6 is 0 Å². The first kappa shape index (κ1) is 14.5. The molecule has 0 bridgehead atoms. The number of nitrogens with one attached hydrogen (secondary N) is 1. The highest BCUT2D eigenvalue weighted by atomic mass is 16.5. The van der Waals surface area contributed by atoms with E-state index in [-0.39, 0.29) is 0 Å². The zero-order valence-corrected chi connectivity index (χ0v) is 12.4. The maximum Gasteiger partial charge on any atom is 0.0597 e. The quantitative estimate of drug-likeness (QED) is 0.882. The highest BCUT2D eigenvalue weighted by Crippen LogP contribution is 2.27. The molecule has 1 heterocycles. The van der Waals surface area contributed by atoms with E-state index in [1.165, 1.54) is 11.1 Å². The minimum atomic E-state index is 0.316. The van der Waals surface area contributed by atoms with E-state index in [4.69, 9.17) is 4.74 Å². The zero-order chi connectivity index (χ0) is 13.7. The number of ether oxygens (including phenoxy) is 1. The lowest BCUT2D eigenvalue weighted by atomic mass is 9.98.